The van der Waals surface area contributed by atoms with Crippen molar-refractivity contribution in [2.75, 3.05) is 6.54 Å². The Labute approximate surface area is 188 Å². The summed E-state index contributed by atoms with van der Waals surface area (Å²) in [7, 11) is 0. The first-order valence-corrected chi connectivity index (χ1v) is 11.6. The van der Waals surface area contributed by atoms with Crippen molar-refractivity contribution in [3.63, 3.8) is 0 Å². The van der Waals surface area contributed by atoms with E-state index in [4.69, 9.17) is 16.9 Å². The lowest BCUT2D eigenvalue weighted by Gasteiger charge is -2.25. The average molecular weight is 434 g/mol. The molecule has 5 heteroatoms. The summed E-state index contributed by atoms with van der Waals surface area (Å²) in [6.45, 7) is 2.80. The van der Waals surface area contributed by atoms with E-state index < -0.39 is 6.10 Å². The Morgan fingerprint density at radius 3 is 2.42 bits per heavy atom. The smallest absolute Gasteiger partial charge is 0.0940 e. The van der Waals surface area contributed by atoms with E-state index in [0.29, 0.717) is 30.1 Å². The number of rotatable bonds is 6. The van der Waals surface area contributed by atoms with Crippen LogP contribution in [0.4, 0.5) is 0 Å². The predicted molar refractivity (Wildman–Crippen MR) is 125 cm³/mol. The van der Waals surface area contributed by atoms with Gasteiger partial charge in [-0.15, -0.1) is 0 Å². The first-order valence-electron chi connectivity index (χ1n) is 11.3. The first kappa shape index (κ1) is 20.6. The SMILES string of the molecule is Cc1c(C(O)CN2C3CCC2CC3)c2ccc(CCC#N)cc2n1-c1ccc(Cl)cc1. The summed E-state index contributed by atoms with van der Waals surface area (Å²) in [5.41, 5.74) is 5.33. The molecule has 2 aromatic carbocycles. The molecular weight excluding hydrogens is 406 g/mol. The third-order valence-corrected chi connectivity index (χ3v) is 7.50. The van der Waals surface area contributed by atoms with E-state index in [1.54, 1.807) is 0 Å². The van der Waals surface area contributed by atoms with Crippen molar-refractivity contribution in [1.82, 2.24) is 9.47 Å². The molecule has 0 saturated carbocycles. The predicted octanol–water partition coefficient (Wildman–Crippen LogP) is 5.71. The van der Waals surface area contributed by atoms with Crippen LogP contribution in [0, 0.1) is 18.3 Å². The number of aromatic nitrogens is 1. The van der Waals surface area contributed by atoms with Crippen LogP contribution in [0.2, 0.25) is 5.02 Å². The zero-order valence-corrected chi connectivity index (χ0v) is 18.6. The minimum atomic E-state index is -0.526. The molecule has 0 radical (unpaired) electrons. The highest BCUT2D eigenvalue weighted by Gasteiger charge is 2.40. The van der Waals surface area contributed by atoms with E-state index >= 15 is 0 Å². The first-order chi connectivity index (χ1) is 15.1. The molecule has 31 heavy (non-hydrogen) atoms. The molecule has 3 heterocycles. The Kier molecular flexibility index (Phi) is 5.52. The molecule has 1 aromatic heterocycles. The molecule has 2 saturated heterocycles. The second-order valence-electron chi connectivity index (χ2n) is 9.00. The van der Waals surface area contributed by atoms with Crippen molar-refractivity contribution < 1.29 is 5.11 Å². The molecule has 2 aliphatic rings. The van der Waals surface area contributed by atoms with Crippen molar-refractivity contribution in [2.24, 2.45) is 0 Å². The minimum absolute atomic E-state index is 0.499. The number of hydrogen-bond donors (Lipinski definition) is 1. The van der Waals surface area contributed by atoms with Gasteiger partial charge >= 0.3 is 0 Å². The summed E-state index contributed by atoms with van der Waals surface area (Å²) in [5.74, 6) is 0. The van der Waals surface area contributed by atoms with Crippen molar-refractivity contribution >= 4 is 22.5 Å². The number of fused-ring (bicyclic) bond motifs is 3. The molecule has 5 rings (SSSR count). The molecular formula is C26H28ClN3O. The second kappa shape index (κ2) is 8.31. The normalized spacial score (nSPS) is 21.6. The van der Waals surface area contributed by atoms with E-state index in [1.807, 2.05) is 24.3 Å². The van der Waals surface area contributed by atoms with Crippen LogP contribution in [0.5, 0.6) is 0 Å². The van der Waals surface area contributed by atoms with Crippen molar-refractivity contribution in [1.29, 1.82) is 5.26 Å². The summed E-state index contributed by atoms with van der Waals surface area (Å²) < 4.78 is 2.22. The Balaban J connectivity index is 1.59. The van der Waals surface area contributed by atoms with Gasteiger partial charge < -0.3 is 9.67 Å². The van der Waals surface area contributed by atoms with E-state index in [-0.39, 0.29) is 0 Å². The second-order valence-corrected chi connectivity index (χ2v) is 9.43. The molecule has 3 aromatic rings. The zero-order valence-electron chi connectivity index (χ0n) is 17.9. The van der Waals surface area contributed by atoms with Crippen LogP contribution in [-0.4, -0.2) is 33.2 Å². The maximum absolute atomic E-state index is 11.4. The van der Waals surface area contributed by atoms with Crippen LogP contribution >= 0.6 is 11.6 Å². The molecule has 1 N–H and O–H groups in total. The van der Waals surface area contributed by atoms with Gasteiger partial charge in [-0.05, 0) is 74.9 Å². The highest BCUT2D eigenvalue weighted by Crippen LogP contribution is 2.40. The van der Waals surface area contributed by atoms with Crippen molar-refractivity contribution in [3.05, 3.63) is 64.3 Å². The van der Waals surface area contributed by atoms with Crippen molar-refractivity contribution in [3.8, 4) is 11.8 Å². The van der Waals surface area contributed by atoms with E-state index in [2.05, 4.69) is 40.7 Å². The lowest BCUT2D eigenvalue weighted by molar-refractivity contribution is 0.104. The lowest BCUT2D eigenvalue weighted by atomic mass is 10.0. The molecule has 1 unspecified atom stereocenters. The van der Waals surface area contributed by atoms with Crippen LogP contribution in [0.1, 0.15) is 55.0 Å². The summed E-state index contributed by atoms with van der Waals surface area (Å²) in [5, 5.41) is 22.2. The van der Waals surface area contributed by atoms with Gasteiger partial charge in [-0.25, -0.2) is 0 Å². The molecule has 0 spiro atoms. The van der Waals surface area contributed by atoms with Gasteiger partial charge in [-0.3, -0.25) is 4.90 Å². The van der Waals surface area contributed by atoms with Crippen molar-refractivity contribution in [2.45, 2.75) is 63.6 Å². The standard InChI is InChI=1S/C26H28ClN3O/c1-17-26(25(31)16-29-20-9-10-21(29)12-11-20)23-13-4-18(3-2-14-28)15-24(23)30(17)22-7-5-19(27)6-8-22/h4-8,13,15,20-21,25,31H,2-3,9-12,16H2,1H3. The van der Waals surface area contributed by atoms with Gasteiger partial charge in [0.25, 0.3) is 0 Å². The fourth-order valence-electron chi connectivity index (χ4n) is 5.79. The molecule has 4 nitrogen and oxygen atoms in total. The van der Waals surface area contributed by atoms with Crippen LogP contribution in [0.25, 0.3) is 16.6 Å². The molecule has 2 bridgehead atoms. The Bertz CT molecular complexity index is 1120. The average Bonchev–Trinajstić information content (AvgIpc) is 3.42. The minimum Gasteiger partial charge on any atom is -0.387 e. The third-order valence-electron chi connectivity index (χ3n) is 7.25. The third kappa shape index (κ3) is 3.65. The number of benzene rings is 2. The van der Waals surface area contributed by atoms with Crippen LogP contribution in [0.15, 0.2) is 42.5 Å². The number of nitriles is 1. The Morgan fingerprint density at radius 2 is 1.77 bits per heavy atom. The van der Waals surface area contributed by atoms with Crippen LogP contribution in [-0.2, 0) is 6.42 Å². The Morgan fingerprint density at radius 1 is 1.10 bits per heavy atom. The molecule has 0 aliphatic carbocycles. The number of nitrogens with zero attached hydrogens (tertiary/aromatic N) is 3. The molecule has 1 atom stereocenters. The maximum atomic E-state index is 11.4. The molecule has 2 aliphatic heterocycles. The summed E-state index contributed by atoms with van der Waals surface area (Å²) >= 11 is 6.14. The van der Waals surface area contributed by atoms with Gasteiger partial charge in [0.05, 0.1) is 17.7 Å². The van der Waals surface area contributed by atoms with Crippen LogP contribution < -0.4 is 0 Å². The number of hydrogen-bond acceptors (Lipinski definition) is 3. The van der Waals surface area contributed by atoms with Gasteiger partial charge in [0.2, 0.25) is 0 Å². The monoisotopic (exact) mass is 433 g/mol. The van der Waals surface area contributed by atoms with E-state index in [0.717, 1.165) is 39.8 Å². The van der Waals surface area contributed by atoms with Crippen LogP contribution in [0.3, 0.4) is 0 Å². The van der Waals surface area contributed by atoms with Gasteiger partial charge in [-0.2, -0.15) is 5.26 Å². The molecule has 160 valence electrons. The zero-order chi connectivity index (χ0) is 21.5. The number of aliphatic hydroxyl groups is 1. The molecule has 2 fully saturated rings. The largest absolute Gasteiger partial charge is 0.387 e. The van der Waals surface area contributed by atoms with Gasteiger partial charge in [0.15, 0.2) is 0 Å². The lowest BCUT2D eigenvalue weighted by Crippen LogP contribution is -2.33. The number of aryl methyl sites for hydroxylation is 1. The summed E-state index contributed by atoms with van der Waals surface area (Å²) in [6.07, 6.45) is 5.78. The highest BCUT2D eigenvalue weighted by atomic mass is 35.5. The highest BCUT2D eigenvalue weighted by molar-refractivity contribution is 6.30. The van der Waals surface area contributed by atoms with E-state index in [1.165, 1.54) is 25.7 Å². The summed E-state index contributed by atoms with van der Waals surface area (Å²) in [4.78, 5) is 2.54. The maximum Gasteiger partial charge on any atom is 0.0940 e. The topological polar surface area (TPSA) is 52.2 Å². The quantitative estimate of drug-likeness (QED) is 0.541. The Hall–Kier alpha value is -2.32. The van der Waals surface area contributed by atoms with E-state index in [9.17, 15) is 5.11 Å². The van der Waals surface area contributed by atoms with Gasteiger partial charge in [0, 0.05) is 52.4 Å². The summed E-state index contributed by atoms with van der Waals surface area (Å²) in [6, 6.07) is 17.8. The van der Waals surface area contributed by atoms with Gasteiger partial charge in [0.1, 0.15) is 0 Å². The number of halogens is 1. The van der Waals surface area contributed by atoms with Gasteiger partial charge in [-0.1, -0.05) is 23.7 Å². The fraction of sp³-hybridized carbons (Fsp3) is 0.423. The fourth-order valence-corrected chi connectivity index (χ4v) is 5.92. The number of aliphatic hydroxyl groups excluding tert-OH is 1. The molecule has 0 amide bonds.